The maximum absolute atomic E-state index is 12.2. The number of hydrogen-bond acceptors (Lipinski definition) is 3. The van der Waals surface area contributed by atoms with Crippen molar-refractivity contribution in [2.75, 3.05) is 5.75 Å². The number of rotatable bonds is 6. The van der Waals surface area contributed by atoms with E-state index < -0.39 is 0 Å². The summed E-state index contributed by atoms with van der Waals surface area (Å²) in [5.41, 5.74) is 0.421. The number of phenolic OH excluding ortho intramolecular Hbond substituents is 1. The number of carbonyl (C=O) groups is 1. The van der Waals surface area contributed by atoms with Crippen molar-refractivity contribution in [2.24, 2.45) is 5.92 Å². The monoisotopic (exact) mass is 286 g/mol. The average Bonchev–Trinajstić information content (AvgIpc) is 2.48. The fourth-order valence-corrected chi connectivity index (χ4v) is 3.01. The van der Waals surface area contributed by atoms with Crippen LogP contribution >= 0.6 is 11.8 Å². The minimum Gasteiger partial charge on any atom is -0.507 e. The second-order valence-electron chi connectivity index (χ2n) is 4.73. The predicted molar refractivity (Wildman–Crippen MR) is 83.4 cm³/mol. The molecule has 1 atom stereocenters. The van der Waals surface area contributed by atoms with Crippen LogP contribution < -0.4 is 0 Å². The molecule has 0 radical (unpaired) electrons. The topological polar surface area (TPSA) is 37.3 Å². The van der Waals surface area contributed by atoms with Crippen molar-refractivity contribution in [1.29, 1.82) is 0 Å². The van der Waals surface area contributed by atoms with Gasteiger partial charge in [-0.15, -0.1) is 11.8 Å². The van der Waals surface area contributed by atoms with Crippen LogP contribution in [0, 0.1) is 5.92 Å². The van der Waals surface area contributed by atoms with E-state index in [1.54, 1.807) is 36.0 Å². The van der Waals surface area contributed by atoms with Crippen LogP contribution in [0.25, 0.3) is 0 Å². The second-order valence-corrected chi connectivity index (χ2v) is 5.90. The third-order valence-corrected chi connectivity index (χ3v) is 4.23. The van der Waals surface area contributed by atoms with Crippen molar-refractivity contribution in [3.05, 3.63) is 60.2 Å². The van der Waals surface area contributed by atoms with E-state index in [9.17, 15) is 9.90 Å². The number of thioether (sulfide) groups is 1. The maximum atomic E-state index is 12.2. The number of ketones is 1. The molecule has 0 bridgehead atoms. The van der Waals surface area contributed by atoms with Gasteiger partial charge in [-0.1, -0.05) is 37.3 Å². The highest BCUT2D eigenvalue weighted by molar-refractivity contribution is 7.99. The van der Waals surface area contributed by atoms with Gasteiger partial charge in [0.05, 0.1) is 5.56 Å². The van der Waals surface area contributed by atoms with Gasteiger partial charge in [0.2, 0.25) is 0 Å². The molecule has 2 aromatic carbocycles. The fourth-order valence-electron chi connectivity index (χ4n) is 1.95. The van der Waals surface area contributed by atoms with E-state index in [4.69, 9.17) is 0 Å². The molecule has 0 amide bonds. The molecule has 2 rings (SSSR count). The molecule has 0 heterocycles. The number of phenols is 1. The van der Waals surface area contributed by atoms with Crippen molar-refractivity contribution in [3.63, 3.8) is 0 Å². The second kappa shape index (κ2) is 7.15. The lowest BCUT2D eigenvalue weighted by atomic mass is 9.96. The van der Waals surface area contributed by atoms with Crippen LogP contribution in [0.2, 0.25) is 0 Å². The van der Waals surface area contributed by atoms with E-state index >= 15 is 0 Å². The zero-order chi connectivity index (χ0) is 14.4. The highest BCUT2D eigenvalue weighted by Crippen LogP contribution is 2.24. The summed E-state index contributed by atoms with van der Waals surface area (Å²) < 4.78 is 0. The van der Waals surface area contributed by atoms with Crippen LogP contribution in [0.4, 0.5) is 0 Å². The standard InChI is InChI=1S/C17H18O2S/c1-13(11-12-20-14-7-3-2-4-8-14)17(19)15-9-5-6-10-16(15)18/h2-10,13,18H,11-12H2,1H3. The van der Waals surface area contributed by atoms with Gasteiger partial charge in [0.15, 0.2) is 5.78 Å². The molecule has 0 aromatic heterocycles. The Morgan fingerprint density at radius 2 is 1.75 bits per heavy atom. The highest BCUT2D eigenvalue weighted by Gasteiger charge is 2.17. The molecule has 0 aliphatic carbocycles. The van der Waals surface area contributed by atoms with Gasteiger partial charge in [0, 0.05) is 10.8 Å². The van der Waals surface area contributed by atoms with E-state index in [-0.39, 0.29) is 17.5 Å². The summed E-state index contributed by atoms with van der Waals surface area (Å²) in [7, 11) is 0. The minimum atomic E-state index is -0.0838. The number of benzene rings is 2. The molecule has 2 aromatic rings. The van der Waals surface area contributed by atoms with Crippen LogP contribution in [0.3, 0.4) is 0 Å². The first-order valence-corrected chi connectivity index (χ1v) is 7.67. The smallest absolute Gasteiger partial charge is 0.169 e. The van der Waals surface area contributed by atoms with Crippen LogP contribution in [-0.2, 0) is 0 Å². The zero-order valence-electron chi connectivity index (χ0n) is 11.5. The lowest BCUT2D eigenvalue weighted by Crippen LogP contribution is -2.12. The van der Waals surface area contributed by atoms with Gasteiger partial charge in [0.1, 0.15) is 5.75 Å². The Kier molecular flexibility index (Phi) is 5.24. The summed E-state index contributed by atoms with van der Waals surface area (Å²) in [6.45, 7) is 1.92. The number of Topliss-reactive ketones (excluding diaryl/α,β-unsaturated/α-hetero) is 1. The third kappa shape index (κ3) is 3.87. The van der Waals surface area contributed by atoms with Crippen LogP contribution in [-0.4, -0.2) is 16.6 Å². The number of para-hydroxylation sites is 1. The van der Waals surface area contributed by atoms with Crippen molar-refractivity contribution in [2.45, 2.75) is 18.2 Å². The van der Waals surface area contributed by atoms with Crippen molar-refractivity contribution in [1.82, 2.24) is 0 Å². The van der Waals surface area contributed by atoms with E-state index in [2.05, 4.69) is 12.1 Å². The van der Waals surface area contributed by atoms with E-state index in [0.29, 0.717) is 5.56 Å². The summed E-state index contributed by atoms with van der Waals surface area (Å²) in [5, 5.41) is 9.71. The SMILES string of the molecule is CC(CCSc1ccccc1)C(=O)c1ccccc1O. The summed E-state index contributed by atoms with van der Waals surface area (Å²) in [6, 6.07) is 16.9. The molecular weight excluding hydrogens is 268 g/mol. The molecule has 0 saturated heterocycles. The van der Waals surface area contributed by atoms with Gasteiger partial charge in [0.25, 0.3) is 0 Å². The number of carbonyl (C=O) groups excluding carboxylic acids is 1. The van der Waals surface area contributed by atoms with Gasteiger partial charge < -0.3 is 5.11 Å². The Morgan fingerprint density at radius 1 is 1.10 bits per heavy atom. The molecule has 1 N–H and O–H groups in total. The average molecular weight is 286 g/mol. The Hall–Kier alpha value is -1.74. The van der Waals surface area contributed by atoms with Crippen LogP contribution in [0.1, 0.15) is 23.7 Å². The largest absolute Gasteiger partial charge is 0.507 e. The molecular formula is C17H18O2S. The minimum absolute atomic E-state index is 0.0109. The fraction of sp³-hybridized carbons (Fsp3) is 0.235. The Labute approximate surface area is 123 Å². The molecule has 1 unspecified atom stereocenters. The van der Waals surface area contributed by atoms with Crippen molar-refractivity contribution in [3.8, 4) is 5.75 Å². The molecule has 0 saturated carbocycles. The van der Waals surface area contributed by atoms with Gasteiger partial charge in [-0.25, -0.2) is 0 Å². The molecule has 20 heavy (non-hydrogen) atoms. The summed E-state index contributed by atoms with van der Waals surface area (Å²) >= 11 is 1.75. The summed E-state index contributed by atoms with van der Waals surface area (Å²) in [6.07, 6.45) is 0.798. The lowest BCUT2D eigenvalue weighted by Gasteiger charge is -2.11. The van der Waals surface area contributed by atoms with Gasteiger partial charge in [-0.3, -0.25) is 4.79 Å². The molecule has 3 heteroatoms. The van der Waals surface area contributed by atoms with Crippen molar-refractivity contribution < 1.29 is 9.90 Å². The molecule has 0 spiro atoms. The Balaban J connectivity index is 1.87. The van der Waals surface area contributed by atoms with E-state index in [0.717, 1.165) is 12.2 Å². The van der Waals surface area contributed by atoms with Gasteiger partial charge in [-0.05, 0) is 36.4 Å². The van der Waals surface area contributed by atoms with Crippen LogP contribution in [0.5, 0.6) is 5.75 Å². The van der Waals surface area contributed by atoms with Crippen molar-refractivity contribution >= 4 is 17.5 Å². The van der Waals surface area contributed by atoms with Crippen LogP contribution in [0.15, 0.2) is 59.5 Å². The van der Waals surface area contributed by atoms with Gasteiger partial charge in [-0.2, -0.15) is 0 Å². The molecule has 0 fully saturated rings. The van der Waals surface area contributed by atoms with E-state index in [1.807, 2.05) is 25.1 Å². The zero-order valence-corrected chi connectivity index (χ0v) is 12.3. The first-order valence-electron chi connectivity index (χ1n) is 6.68. The number of hydrogen-bond donors (Lipinski definition) is 1. The highest BCUT2D eigenvalue weighted by atomic mass is 32.2. The first-order chi connectivity index (χ1) is 9.68. The summed E-state index contributed by atoms with van der Waals surface area (Å²) in [4.78, 5) is 13.5. The Morgan fingerprint density at radius 3 is 2.45 bits per heavy atom. The molecule has 2 nitrogen and oxygen atoms in total. The Bertz CT molecular complexity index is 566. The lowest BCUT2D eigenvalue weighted by molar-refractivity contribution is 0.0925. The molecule has 0 aliphatic rings. The van der Waals surface area contributed by atoms with Gasteiger partial charge >= 0.3 is 0 Å². The quantitative estimate of drug-likeness (QED) is 0.632. The normalized spacial score (nSPS) is 12.1. The third-order valence-electron chi connectivity index (χ3n) is 3.18. The molecule has 0 aliphatic heterocycles. The first kappa shape index (κ1) is 14.7. The summed E-state index contributed by atoms with van der Waals surface area (Å²) in [5.74, 6) is 0.890. The molecule has 104 valence electrons. The maximum Gasteiger partial charge on any atom is 0.169 e. The predicted octanol–water partition coefficient (Wildman–Crippen LogP) is 4.39. The number of aromatic hydroxyl groups is 1. The van der Waals surface area contributed by atoms with E-state index in [1.165, 1.54) is 4.90 Å².